The number of carboxylic acid groups (broad SMARTS) is 1. The van der Waals surface area contributed by atoms with Crippen LogP contribution in [-0.2, 0) is 11.2 Å². The second-order valence-corrected chi connectivity index (χ2v) is 12.8. The van der Waals surface area contributed by atoms with E-state index >= 15 is 0 Å². The van der Waals surface area contributed by atoms with Gasteiger partial charge in [-0.05, 0) is 103 Å². The molecule has 0 heterocycles. The smallest absolute Gasteiger partial charge is 0.365 e. The molecule has 1 N–H and O–H groups in total. The van der Waals surface area contributed by atoms with Gasteiger partial charge in [0.2, 0.25) is 0 Å². The molecule has 32 heavy (non-hydrogen) atoms. The number of allylic oxidation sites excluding steroid dienone is 1. The first-order valence-corrected chi connectivity index (χ1v) is 13.2. The van der Waals surface area contributed by atoms with Crippen molar-refractivity contribution in [1.82, 2.24) is 0 Å². The largest absolute Gasteiger partial charge is 0.473 e. The van der Waals surface area contributed by atoms with E-state index in [-0.39, 0.29) is 15.6 Å². The van der Waals surface area contributed by atoms with E-state index in [1.54, 1.807) is 0 Å². The maximum absolute atomic E-state index is 12.2. The average Bonchev–Trinajstić information content (AvgIpc) is 2.96. The number of carbonyl (C=O) groups excluding carboxylic acids is 1. The molecule has 1 aromatic carbocycles. The van der Waals surface area contributed by atoms with Gasteiger partial charge in [-0.2, -0.15) is 0 Å². The number of rotatable bonds is 3. The molecule has 172 valence electrons. The zero-order chi connectivity index (χ0) is 22.7. The lowest BCUT2D eigenvalue weighted by Crippen LogP contribution is -2.55. The third-order valence-corrected chi connectivity index (χ3v) is 11.9. The van der Waals surface area contributed by atoms with Crippen molar-refractivity contribution >= 4 is 22.8 Å². The Morgan fingerprint density at radius 1 is 1.09 bits per heavy atom. The first-order chi connectivity index (χ1) is 15.2. The van der Waals surface area contributed by atoms with Gasteiger partial charge < -0.3 is 5.11 Å². The summed E-state index contributed by atoms with van der Waals surface area (Å²) < 4.78 is -0.282. The number of hydrogen-bond acceptors (Lipinski definition) is 3. The lowest BCUT2D eigenvalue weighted by Gasteiger charge is -2.60. The van der Waals surface area contributed by atoms with Crippen LogP contribution in [0.2, 0.25) is 0 Å². The lowest BCUT2D eigenvalue weighted by atomic mass is 9.46. The zero-order valence-corrected chi connectivity index (χ0v) is 20.4. The summed E-state index contributed by atoms with van der Waals surface area (Å²) in [7, 11) is 0. The van der Waals surface area contributed by atoms with Crippen LogP contribution < -0.4 is 0 Å². The Morgan fingerprint density at radius 2 is 1.84 bits per heavy atom. The van der Waals surface area contributed by atoms with Gasteiger partial charge in [0.25, 0.3) is 0 Å². The van der Waals surface area contributed by atoms with Gasteiger partial charge >= 0.3 is 5.30 Å². The molecule has 0 bridgehead atoms. The molecule has 0 radical (unpaired) electrons. The SMILES string of the molecule is CC1C[C@H]2[C@@H]3CCC4=CC(=O)CC[C@]4(C)[C@@H]3CC[C@]2(C)C1(Cc1ccccc1)SC(=O)O. The van der Waals surface area contributed by atoms with E-state index in [9.17, 15) is 14.7 Å². The van der Waals surface area contributed by atoms with Crippen molar-refractivity contribution in [2.45, 2.75) is 76.9 Å². The highest BCUT2D eigenvalue weighted by Crippen LogP contribution is 2.72. The Labute approximate surface area is 196 Å². The van der Waals surface area contributed by atoms with Crippen LogP contribution in [0.1, 0.15) is 71.3 Å². The summed E-state index contributed by atoms with van der Waals surface area (Å²) in [6.07, 6.45) is 10.1. The third-order valence-electron chi connectivity index (χ3n) is 10.3. The normalized spacial score (nSPS) is 43.1. The van der Waals surface area contributed by atoms with Crippen LogP contribution in [0.5, 0.6) is 0 Å². The molecule has 3 saturated carbocycles. The van der Waals surface area contributed by atoms with Crippen LogP contribution in [0.3, 0.4) is 0 Å². The standard InChI is InChI=1S/C28H36O3S/c1-18-15-24-22-10-9-20-16-21(29)11-13-26(20,2)23(22)12-14-27(24,3)28(18,32-25(30)31)17-19-7-5-4-6-8-19/h4-8,16,18,22-24H,9-15,17H2,1-3H3,(H,30,31)/t18?,22-,23-,24+,26+,27+,28?/m1/s1. The topological polar surface area (TPSA) is 54.4 Å². The molecule has 0 aromatic heterocycles. The predicted molar refractivity (Wildman–Crippen MR) is 130 cm³/mol. The molecule has 4 aliphatic carbocycles. The van der Waals surface area contributed by atoms with E-state index in [2.05, 4.69) is 45.0 Å². The van der Waals surface area contributed by atoms with E-state index in [1.165, 1.54) is 22.9 Å². The number of fused-ring (bicyclic) bond motifs is 5. The first kappa shape index (κ1) is 22.3. The summed E-state index contributed by atoms with van der Waals surface area (Å²) in [5, 5.41) is 9.28. The summed E-state index contributed by atoms with van der Waals surface area (Å²) in [5.41, 5.74) is 2.82. The van der Waals surface area contributed by atoms with Gasteiger partial charge in [-0.3, -0.25) is 4.79 Å². The maximum atomic E-state index is 12.2. The molecule has 1 aromatic rings. The summed E-state index contributed by atoms with van der Waals surface area (Å²) in [6.45, 7) is 7.16. The molecule has 5 rings (SSSR count). The number of carbonyl (C=O) groups is 2. The van der Waals surface area contributed by atoms with E-state index in [4.69, 9.17) is 0 Å². The van der Waals surface area contributed by atoms with E-state index in [0.717, 1.165) is 44.9 Å². The second kappa shape index (κ2) is 7.75. The summed E-state index contributed by atoms with van der Waals surface area (Å²) in [6, 6.07) is 10.5. The van der Waals surface area contributed by atoms with Crippen LogP contribution in [0, 0.1) is 34.5 Å². The molecule has 4 heteroatoms. The lowest BCUT2D eigenvalue weighted by molar-refractivity contribution is -0.117. The Bertz CT molecular complexity index is 955. The minimum atomic E-state index is -0.733. The average molecular weight is 453 g/mol. The molecule has 0 spiro atoms. The van der Waals surface area contributed by atoms with Crippen molar-refractivity contribution < 1.29 is 14.7 Å². The highest BCUT2D eigenvalue weighted by molar-refractivity contribution is 8.14. The van der Waals surface area contributed by atoms with E-state index in [1.807, 2.05) is 12.1 Å². The number of ketones is 1. The first-order valence-electron chi connectivity index (χ1n) is 12.4. The summed E-state index contributed by atoms with van der Waals surface area (Å²) >= 11 is 1.22. The van der Waals surface area contributed by atoms with Gasteiger partial charge in [0.05, 0.1) is 0 Å². The minimum absolute atomic E-state index is 0.00848. The van der Waals surface area contributed by atoms with Gasteiger partial charge in [0.1, 0.15) is 0 Å². The predicted octanol–water partition coefficient (Wildman–Crippen LogP) is 7.16. The van der Waals surface area contributed by atoms with Crippen LogP contribution in [0.4, 0.5) is 4.79 Å². The van der Waals surface area contributed by atoms with E-state index < -0.39 is 5.30 Å². The number of thioether (sulfide) groups is 1. The zero-order valence-electron chi connectivity index (χ0n) is 19.6. The fraction of sp³-hybridized carbons (Fsp3) is 0.643. The Morgan fingerprint density at radius 3 is 2.56 bits per heavy atom. The fourth-order valence-corrected chi connectivity index (χ4v) is 9.99. The maximum Gasteiger partial charge on any atom is 0.365 e. The molecule has 3 nitrogen and oxygen atoms in total. The number of hydrogen-bond donors (Lipinski definition) is 1. The van der Waals surface area contributed by atoms with Gasteiger partial charge in [-0.15, -0.1) is 0 Å². The van der Waals surface area contributed by atoms with Crippen LogP contribution in [0.25, 0.3) is 0 Å². The Balaban J connectivity index is 1.53. The van der Waals surface area contributed by atoms with Gasteiger partial charge in [0.15, 0.2) is 5.78 Å². The van der Waals surface area contributed by atoms with Crippen molar-refractivity contribution in [2.75, 3.05) is 0 Å². The van der Waals surface area contributed by atoms with Crippen LogP contribution in [0.15, 0.2) is 42.0 Å². The number of benzene rings is 1. The molecule has 3 fully saturated rings. The molecular formula is C28H36O3S. The van der Waals surface area contributed by atoms with Crippen LogP contribution >= 0.6 is 11.8 Å². The van der Waals surface area contributed by atoms with Crippen molar-refractivity contribution in [2.24, 2.45) is 34.5 Å². The van der Waals surface area contributed by atoms with Crippen molar-refractivity contribution in [3.05, 3.63) is 47.5 Å². The highest BCUT2D eigenvalue weighted by Gasteiger charge is 2.67. The quantitative estimate of drug-likeness (QED) is 0.529. The Hall–Kier alpha value is -1.55. The molecule has 0 saturated heterocycles. The van der Waals surface area contributed by atoms with Crippen molar-refractivity contribution in [1.29, 1.82) is 0 Å². The third kappa shape index (κ3) is 3.15. The van der Waals surface area contributed by atoms with Gasteiger partial charge in [-0.25, -0.2) is 4.79 Å². The fourth-order valence-electron chi connectivity index (χ4n) is 8.66. The monoisotopic (exact) mass is 452 g/mol. The molecule has 2 unspecified atom stereocenters. The Kier molecular flexibility index (Phi) is 5.39. The molecular weight excluding hydrogens is 416 g/mol. The van der Waals surface area contributed by atoms with Gasteiger partial charge in [-0.1, -0.05) is 56.7 Å². The molecule has 0 amide bonds. The minimum Gasteiger partial charge on any atom is -0.473 e. The van der Waals surface area contributed by atoms with Crippen molar-refractivity contribution in [3.63, 3.8) is 0 Å². The van der Waals surface area contributed by atoms with Crippen LogP contribution in [-0.4, -0.2) is 20.9 Å². The van der Waals surface area contributed by atoms with Gasteiger partial charge in [0, 0.05) is 11.2 Å². The molecule has 7 atom stereocenters. The van der Waals surface area contributed by atoms with Crippen molar-refractivity contribution in [3.8, 4) is 0 Å². The highest BCUT2D eigenvalue weighted by atomic mass is 32.2. The molecule has 4 aliphatic rings. The summed E-state index contributed by atoms with van der Waals surface area (Å²) in [5.74, 6) is 2.49. The second-order valence-electron chi connectivity index (χ2n) is 11.5. The summed E-state index contributed by atoms with van der Waals surface area (Å²) in [4.78, 5) is 24.3. The molecule has 0 aliphatic heterocycles. The van der Waals surface area contributed by atoms with E-state index in [0.29, 0.717) is 35.9 Å².